The maximum Gasteiger partial charge on any atom is 0 e. The molecule has 0 aromatic carbocycles. The van der Waals surface area contributed by atoms with Crippen LogP contribution >= 0.6 is 0 Å². The van der Waals surface area contributed by atoms with Crippen LogP contribution in [-0.2, 0) is 218 Å². The van der Waals surface area contributed by atoms with Gasteiger partial charge in [-0.2, -0.15) is 0 Å². The van der Waals surface area contributed by atoms with E-state index in [1.165, 1.54) is 0 Å². The number of rotatable bonds is 0. The van der Waals surface area contributed by atoms with Crippen molar-refractivity contribution in [3.05, 3.63) is 0 Å². The monoisotopic (exact) mass is 1020 g/mol. The van der Waals surface area contributed by atoms with Crippen LogP contribution in [0.15, 0.2) is 0 Å². The molecule has 0 unspecified atom stereocenters. The Morgan fingerprint density at radius 1 is 0.200 bits per heavy atom. The zero-order chi connectivity index (χ0) is 0. The van der Waals surface area contributed by atoms with E-state index < -0.39 is 0 Å². The molecule has 0 saturated heterocycles. The van der Waals surface area contributed by atoms with Gasteiger partial charge in [0.15, 0.2) is 0 Å². The van der Waals surface area contributed by atoms with Crippen LogP contribution in [0.3, 0.4) is 0 Å². The summed E-state index contributed by atoms with van der Waals surface area (Å²) in [6.45, 7) is 0. The molecule has 10 radical (unpaired) electrons. The Kier molecular flexibility index (Phi) is 632. The van der Waals surface area contributed by atoms with E-state index in [2.05, 4.69) is 0 Å². The van der Waals surface area contributed by atoms with Crippen LogP contribution in [0.4, 0.5) is 0 Å². The van der Waals surface area contributed by atoms with Gasteiger partial charge in [-0.05, 0) is 0 Å². The van der Waals surface area contributed by atoms with E-state index >= 15 is 0 Å². The van der Waals surface area contributed by atoms with Crippen molar-refractivity contribution < 1.29 is 218 Å². The van der Waals surface area contributed by atoms with Crippen molar-refractivity contribution >= 4 is 0 Å². The fourth-order valence-electron chi connectivity index (χ4n) is 0. The third-order valence-electron chi connectivity index (χ3n) is 0. The van der Waals surface area contributed by atoms with Crippen LogP contribution < -0.4 is 0 Å². The quantitative estimate of drug-likeness (QED) is 0.300. The fourth-order valence-corrected chi connectivity index (χ4v) is 0. The number of hydrogen-bond acceptors (Lipinski definition) is 0. The Balaban J connectivity index is 0. The van der Waals surface area contributed by atoms with Gasteiger partial charge in [-0.15, -0.1) is 0 Å². The predicted molar refractivity (Wildman–Crippen MR) is 0 cm³/mol. The van der Waals surface area contributed by atoms with Crippen molar-refractivity contribution in [2.24, 2.45) is 0 Å². The second kappa shape index (κ2) is 72.4. The van der Waals surface area contributed by atoms with Crippen LogP contribution in [0.5, 0.6) is 0 Å². The number of hydrogen-bond donors (Lipinski definition) is 0. The molecule has 0 heterocycles. The molecule has 0 amide bonds. The first-order valence-corrected chi connectivity index (χ1v) is 0. The third-order valence-corrected chi connectivity index (χ3v) is 0. The molecule has 0 nitrogen and oxygen atoms in total. The van der Waals surface area contributed by atoms with Gasteiger partial charge in [0.25, 0.3) is 0 Å². The summed E-state index contributed by atoms with van der Waals surface area (Å²) in [4.78, 5) is 0. The molecular weight excluding hydrogens is 1030 g/mol. The summed E-state index contributed by atoms with van der Waals surface area (Å²) in [5, 5.41) is 0. The average Bonchev–Trinajstić information content (AvgIpc) is 0. The molecule has 0 aliphatic heterocycles. The molecule has 0 aliphatic rings. The molecule has 0 aromatic rings. The van der Waals surface area contributed by atoms with E-state index in [1.807, 2.05) is 0 Å². The van der Waals surface area contributed by atoms with Crippen LogP contribution in [0.25, 0.3) is 0 Å². The summed E-state index contributed by atoms with van der Waals surface area (Å²) >= 11 is 0. The Labute approximate surface area is 212 Å². The summed E-state index contributed by atoms with van der Waals surface area (Å²) < 4.78 is 0. The largest absolute Gasteiger partial charge is 0 e. The topological polar surface area (TPSA) is 0 Å². The van der Waals surface area contributed by atoms with Crippen LogP contribution in [0, 0.1) is 0 Å². The summed E-state index contributed by atoms with van der Waals surface area (Å²) in [5.41, 5.74) is 0. The van der Waals surface area contributed by atoms with Gasteiger partial charge in [-0.1, -0.05) is 0 Å². The molecule has 0 fully saturated rings. The van der Waals surface area contributed by atoms with Crippen LogP contribution in [0.1, 0.15) is 0 Å². The zero-order valence-corrected chi connectivity index (χ0v) is 17.4. The van der Waals surface area contributed by atoms with E-state index in [0.717, 1.165) is 0 Å². The summed E-state index contributed by atoms with van der Waals surface area (Å²) in [5.74, 6) is 0. The van der Waals surface area contributed by atoms with Crippen molar-refractivity contribution in [2.45, 2.75) is 0 Å². The summed E-state index contributed by atoms with van der Waals surface area (Å²) in [7, 11) is 0. The van der Waals surface area contributed by atoms with Crippen LogP contribution in [0.2, 0.25) is 0 Å². The van der Waals surface area contributed by atoms with E-state index in [9.17, 15) is 0 Å². The molecule has 0 rings (SSSR count). The van der Waals surface area contributed by atoms with Gasteiger partial charge in [-0.3, -0.25) is 0 Å². The molecule has 0 N–H and O–H groups in total. The second-order valence-corrected chi connectivity index (χ2v) is 0. The normalized spacial score (nSPS) is 0. The molecule has 0 spiro atoms. The van der Waals surface area contributed by atoms with E-state index in [1.54, 1.807) is 0 Å². The third kappa shape index (κ3) is 59.3. The van der Waals surface area contributed by atoms with Gasteiger partial charge in [0, 0.05) is 218 Å². The van der Waals surface area contributed by atoms with Crippen molar-refractivity contribution in [1.29, 1.82) is 0 Å². The summed E-state index contributed by atoms with van der Waals surface area (Å²) in [6.07, 6.45) is 0. The molecule has 108 valence electrons. The maximum absolute atomic E-state index is 0. The zero-order valence-electron chi connectivity index (χ0n) is 3.05. The molecule has 10 heavy (non-hydrogen) atoms. The molecule has 0 aliphatic carbocycles. The predicted octanol–water partition coefficient (Wildman–Crippen LogP) is -0.0250. The van der Waals surface area contributed by atoms with Gasteiger partial charge >= 0.3 is 0 Å². The Morgan fingerprint density at radius 2 is 0.200 bits per heavy atom. The summed E-state index contributed by atoms with van der Waals surface area (Å²) in [6, 6.07) is 0. The van der Waals surface area contributed by atoms with Gasteiger partial charge in [-0.25, -0.2) is 0 Å². The molecular formula is Ag9Co. The first kappa shape index (κ1) is 87.3. The maximum atomic E-state index is 0. The van der Waals surface area contributed by atoms with Crippen molar-refractivity contribution in [3.8, 4) is 0 Å². The standard InChI is InChI=1S/9Ag.Co. The van der Waals surface area contributed by atoms with E-state index in [0.29, 0.717) is 0 Å². The van der Waals surface area contributed by atoms with Gasteiger partial charge < -0.3 is 0 Å². The average molecular weight is 1030 g/mol. The minimum Gasteiger partial charge on any atom is 0 e. The van der Waals surface area contributed by atoms with Crippen LogP contribution in [-0.4, -0.2) is 0 Å². The van der Waals surface area contributed by atoms with E-state index in [-0.39, 0.29) is 218 Å². The Bertz CT molecular complexity index is 4.69. The van der Waals surface area contributed by atoms with E-state index in [4.69, 9.17) is 0 Å². The molecule has 0 atom stereocenters. The second-order valence-electron chi connectivity index (χ2n) is 0. The molecule has 10 heteroatoms. The van der Waals surface area contributed by atoms with Crippen molar-refractivity contribution in [2.75, 3.05) is 0 Å². The van der Waals surface area contributed by atoms with Gasteiger partial charge in [0.2, 0.25) is 0 Å². The Hall–Kier alpha value is 7.17. The minimum absolute atomic E-state index is 0. The Morgan fingerprint density at radius 3 is 0.200 bits per heavy atom. The minimum atomic E-state index is 0. The van der Waals surface area contributed by atoms with Gasteiger partial charge in [0.1, 0.15) is 0 Å². The molecule has 0 bridgehead atoms. The fraction of sp³-hybridized carbons (Fsp3) is 0. The van der Waals surface area contributed by atoms with Crippen molar-refractivity contribution in [1.82, 2.24) is 0 Å². The van der Waals surface area contributed by atoms with Crippen molar-refractivity contribution in [3.63, 3.8) is 0 Å². The van der Waals surface area contributed by atoms with Gasteiger partial charge in [0.05, 0.1) is 0 Å². The SMILES string of the molecule is [Ag].[Ag].[Ag].[Ag].[Ag].[Ag].[Ag].[Ag].[Ag].[Co]. The molecule has 0 saturated carbocycles. The first-order valence-electron chi connectivity index (χ1n) is 0. The smallest absolute Gasteiger partial charge is 0 e. The first-order chi connectivity index (χ1) is 0. The molecule has 0 aromatic heterocycles.